The predicted molar refractivity (Wildman–Crippen MR) is 120 cm³/mol. The number of pyridine rings is 1. The summed E-state index contributed by atoms with van der Waals surface area (Å²) < 4.78 is 0. The monoisotopic (exact) mass is 404 g/mol. The average Bonchev–Trinajstić information content (AvgIpc) is 2.77. The van der Waals surface area contributed by atoms with Crippen LogP contribution in [0.15, 0.2) is 65.9 Å². The molecule has 148 valence electrons. The Morgan fingerprint density at radius 2 is 1.86 bits per heavy atom. The topological polar surface area (TPSA) is 45.5 Å². The number of rotatable bonds is 5. The second-order valence-electron chi connectivity index (χ2n) is 7.73. The van der Waals surface area contributed by atoms with Crippen LogP contribution >= 0.6 is 11.6 Å². The van der Waals surface area contributed by atoms with Crippen LogP contribution in [0.3, 0.4) is 0 Å². The molecule has 0 spiro atoms. The minimum absolute atomic E-state index is 0.250. The number of hydrogen-bond donors (Lipinski definition) is 1. The smallest absolute Gasteiger partial charge is 0.144 e. The number of halogens is 1. The van der Waals surface area contributed by atoms with Gasteiger partial charge in [-0.3, -0.25) is 9.98 Å². The molecule has 4 rings (SSSR count). The molecule has 0 unspecified atom stereocenters. The molecule has 0 aliphatic heterocycles. The molecule has 0 atom stereocenters. The summed E-state index contributed by atoms with van der Waals surface area (Å²) in [6.45, 7) is 0. The fourth-order valence-electron chi connectivity index (χ4n) is 4.03. The molecule has 1 fully saturated rings. The SMILES string of the molecule is Oc1c(Cc2ccc(Cl)cc2)cc(C2CCCCC2)cc1N=Cc1cccnc1. The summed E-state index contributed by atoms with van der Waals surface area (Å²) in [7, 11) is 0. The molecule has 0 saturated heterocycles. The molecular weight excluding hydrogens is 380 g/mol. The van der Waals surface area contributed by atoms with Crippen molar-refractivity contribution in [3.63, 3.8) is 0 Å². The molecule has 0 bridgehead atoms. The van der Waals surface area contributed by atoms with Crippen LogP contribution in [0.2, 0.25) is 5.02 Å². The summed E-state index contributed by atoms with van der Waals surface area (Å²) >= 11 is 6.02. The Morgan fingerprint density at radius 1 is 1.07 bits per heavy atom. The first-order valence-corrected chi connectivity index (χ1v) is 10.6. The van der Waals surface area contributed by atoms with Gasteiger partial charge in [0.25, 0.3) is 0 Å². The highest BCUT2D eigenvalue weighted by Crippen LogP contribution is 2.40. The van der Waals surface area contributed by atoms with Crippen molar-refractivity contribution in [2.75, 3.05) is 0 Å². The van der Waals surface area contributed by atoms with Crippen molar-refractivity contribution >= 4 is 23.5 Å². The average molecular weight is 405 g/mol. The van der Waals surface area contributed by atoms with Gasteiger partial charge in [0.05, 0.1) is 0 Å². The molecule has 1 aliphatic carbocycles. The third kappa shape index (κ3) is 5.04. The van der Waals surface area contributed by atoms with Gasteiger partial charge in [0.15, 0.2) is 0 Å². The Kier molecular flexibility index (Phi) is 6.26. The molecule has 29 heavy (non-hydrogen) atoms. The summed E-state index contributed by atoms with van der Waals surface area (Å²) in [5, 5.41) is 11.7. The number of aromatic hydroxyl groups is 1. The van der Waals surface area contributed by atoms with Crippen molar-refractivity contribution in [1.29, 1.82) is 0 Å². The zero-order valence-corrected chi connectivity index (χ0v) is 17.1. The Morgan fingerprint density at radius 3 is 2.59 bits per heavy atom. The van der Waals surface area contributed by atoms with Gasteiger partial charge in [-0.2, -0.15) is 0 Å². The van der Waals surface area contributed by atoms with Crippen molar-refractivity contribution < 1.29 is 5.11 Å². The second-order valence-corrected chi connectivity index (χ2v) is 8.17. The van der Waals surface area contributed by atoms with Gasteiger partial charge >= 0.3 is 0 Å². The van der Waals surface area contributed by atoms with Gasteiger partial charge < -0.3 is 5.11 Å². The minimum atomic E-state index is 0.250. The lowest BCUT2D eigenvalue weighted by Gasteiger charge is -2.23. The highest BCUT2D eigenvalue weighted by atomic mass is 35.5. The number of benzene rings is 2. The Labute approximate surface area is 177 Å². The van der Waals surface area contributed by atoms with Crippen LogP contribution in [0.5, 0.6) is 5.75 Å². The van der Waals surface area contributed by atoms with E-state index in [0.717, 1.165) is 21.7 Å². The standard InChI is InChI=1S/C25H25ClN2O/c26-23-10-8-18(9-11-23)13-22-14-21(20-6-2-1-3-7-20)15-24(25(22)29)28-17-19-5-4-12-27-16-19/h4-5,8-12,14-17,20,29H,1-3,6-7,13H2. The maximum absolute atomic E-state index is 11.0. The van der Waals surface area contributed by atoms with E-state index in [1.807, 2.05) is 36.4 Å². The summed E-state index contributed by atoms with van der Waals surface area (Å²) in [4.78, 5) is 8.74. The molecule has 1 heterocycles. The van der Waals surface area contributed by atoms with Gasteiger partial charge in [-0.25, -0.2) is 0 Å². The van der Waals surface area contributed by atoms with E-state index in [-0.39, 0.29) is 5.75 Å². The lowest BCUT2D eigenvalue weighted by Crippen LogP contribution is -2.05. The summed E-state index contributed by atoms with van der Waals surface area (Å²) in [5.74, 6) is 0.792. The van der Waals surface area contributed by atoms with E-state index in [2.05, 4.69) is 22.1 Å². The fourth-order valence-corrected chi connectivity index (χ4v) is 4.15. The van der Waals surface area contributed by atoms with E-state index >= 15 is 0 Å². The van der Waals surface area contributed by atoms with Gasteiger partial charge in [-0.05, 0) is 54.2 Å². The lowest BCUT2D eigenvalue weighted by molar-refractivity contribution is 0.441. The minimum Gasteiger partial charge on any atom is -0.505 e. The predicted octanol–water partition coefficient (Wildman–Crippen LogP) is 6.83. The maximum Gasteiger partial charge on any atom is 0.144 e. The van der Waals surface area contributed by atoms with Crippen molar-refractivity contribution in [3.8, 4) is 5.75 Å². The van der Waals surface area contributed by atoms with E-state index in [1.165, 1.54) is 37.7 Å². The van der Waals surface area contributed by atoms with Gasteiger partial charge in [0.2, 0.25) is 0 Å². The molecule has 0 radical (unpaired) electrons. The maximum atomic E-state index is 11.0. The van der Waals surface area contributed by atoms with Crippen LogP contribution in [-0.2, 0) is 6.42 Å². The van der Waals surface area contributed by atoms with Crippen LogP contribution in [0.1, 0.15) is 60.3 Å². The van der Waals surface area contributed by atoms with E-state index < -0.39 is 0 Å². The Balaban J connectivity index is 1.70. The van der Waals surface area contributed by atoms with Crippen LogP contribution in [0.4, 0.5) is 5.69 Å². The molecule has 3 nitrogen and oxygen atoms in total. The molecule has 1 saturated carbocycles. The van der Waals surface area contributed by atoms with E-state index in [1.54, 1.807) is 18.6 Å². The van der Waals surface area contributed by atoms with Gasteiger partial charge in [-0.15, -0.1) is 0 Å². The molecule has 4 heteroatoms. The summed E-state index contributed by atoms with van der Waals surface area (Å²) in [5.41, 5.74) is 4.85. The number of aromatic nitrogens is 1. The second kappa shape index (κ2) is 9.23. The lowest BCUT2D eigenvalue weighted by atomic mass is 9.83. The third-order valence-corrected chi connectivity index (χ3v) is 5.86. The van der Waals surface area contributed by atoms with E-state index in [4.69, 9.17) is 11.6 Å². The Hall–Kier alpha value is -2.65. The first kappa shape index (κ1) is 19.7. The van der Waals surface area contributed by atoms with Gasteiger partial charge in [0, 0.05) is 41.2 Å². The number of phenols is 1. The number of nitrogens with zero attached hydrogens (tertiary/aromatic N) is 2. The summed E-state index contributed by atoms with van der Waals surface area (Å²) in [6, 6.07) is 15.9. The molecule has 1 aromatic heterocycles. The van der Waals surface area contributed by atoms with E-state index in [9.17, 15) is 5.11 Å². The van der Waals surface area contributed by atoms with Crippen molar-refractivity contribution in [2.24, 2.45) is 4.99 Å². The normalized spacial score (nSPS) is 15.1. The third-order valence-electron chi connectivity index (χ3n) is 5.61. The molecule has 3 aromatic rings. The van der Waals surface area contributed by atoms with E-state index in [0.29, 0.717) is 18.0 Å². The van der Waals surface area contributed by atoms with Gasteiger partial charge in [-0.1, -0.05) is 55.1 Å². The number of aliphatic imine (C=N–C) groups is 1. The number of phenolic OH excluding ortho intramolecular Hbond substituents is 1. The first-order valence-electron chi connectivity index (χ1n) is 10.2. The van der Waals surface area contributed by atoms with Crippen molar-refractivity contribution in [1.82, 2.24) is 4.98 Å². The zero-order chi connectivity index (χ0) is 20.1. The zero-order valence-electron chi connectivity index (χ0n) is 16.4. The highest BCUT2D eigenvalue weighted by molar-refractivity contribution is 6.30. The molecule has 1 N–H and O–H groups in total. The molecular formula is C25H25ClN2O. The molecule has 1 aliphatic rings. The number of hydrogen-bond acceptors (Lipinski definition) is 3. The highest BCUT2D eigenvalue weighted by Gasteiger charge is 2.19. The Bertz CT molecular complexity index is 978. The van der Waals surface area contributed by atoms with Crippen LogP contribution in [0, 0.1) is 0 Å². The first-order chi connectivity index (χ1) is 14.2. The van der Waals surface area contributed by atoms with Crippen LogP contribution < -0.4 is 0 Å². The van der Waals surface area contributed by atoms with Crippen LogP contribution in [-0.4, -0.2) is 16.3 Å². The summed E-state index contributed by atoms with van der Waals surface area (Å²) in [6.07, 6.45) is 12.2. The van der Waals surface area contributed by atoms with Gasteiger partial charge in [0.1, 0.15) is 11.4 Å². The quantitative estimate of drug-likeness (QED) is 0.473. The fraction of sp³-hybridized carbons (Fsp3) is 0.280. The molecule has 0 amide bonds. The molecule has 2 aromatic carbocycles. The van der Waals surface area contributed by atoms with Crippen molar-refractivity contribution in [3.05, 3.63) is 88.2 Å². The largest absolute Gasteiger partial charge is 0.505 e. The van der Waals surface area contributed by atoms with Crippen LogP contribution in [0.25, 0.3) is 0 Å². The van der Waals surface area contributed by atoms with Crippen molar-refractivity contribution in [2.45, 2.75) is 44.4 Å².